The first kappa shape index (κ1) is 17.2. The van der Waals surface area contributed by atoms with Crippen molar-refractivity contribution in [2.45, 2.75) is 40.2 Å². The molecule has 1 aromatic carbocycles. The van der Waals surface area contributed by atoms with Crippen LogP contribution >= 0.6 is 0 Å². The molecule has 5 heteroatoms. The summed E-state index contributed by atoms with van der Waals surface area (Å²) in [6, 6.07) is 6.79. The minimum absolute atomic E-state index is 0.136. The first-order valence-corrected chi connectivity index (χ1v) is 6.99. The Bertz CT molecular complexity index is 513. The molecule has 0 spiro atoms. The van der Waals surface area contributed by atoms with Crippen LogP contribution in [0.3, 0.4) is 0 Å². The maximum Gasteiger partial charge on any atom is 0.251 e. The molecule has 1 aromatic rings. The summed E-state index contributed by atoms with van der Waals surface area (Å²) in [4.78, 5) is 24.0. The molecule has 116 valence electrons. The molecule has 0 atom stereocenters. The predicted molar refractivity (Wildman–Crippen MR) is 85.1 cm³/mol. The fourth-order valence-corrected chi connectivity index (χ4v) is 1.51. The van der Waals surface area contributed by atoms with Gasteiger partial charge < -0.3 is 16.4 Å². The van der Waals surface area contributed by atoms with Gasteiger partial charge in [0.1, 0.15) is 0 Å². The topological polar surface area (TPSA) is 84.2 Å². The van der Waals surface area contributed by atoms with Crippen molar-refractivity contribution in [3.05, 3.63) is 29.8 Å². The molecule has 0 radical (unpaired) electrons. The zero-order valence-corrected chi connectivity index (χ0v) is 13.4. The number of amides is 2. The monoisotopic (exact) mass is 291 g/mol. The summed E-state index contributed by atoms with van der Waals surface area (Å²) in [6.45, 7) is 9.61. The third kappa shape index (κ3) is 5.19. The van der Waals surface area contributed by atoms with Crippen molar-refractivity contribution in [3.63, 3.8) is 0 Å². The van der Waals surface area contributed by atoms with Gasteiger partial charge in [0.05, 0.1) is 5.41 Å². The molecule has 0 saturated heterocycles. The minimum Gasteiger partial charge on any atom is -0.347 e. The highest BCUT2D eigenvalue weighted by molar-refractivity contribution is 5.97. The van der Waals surface area contributed by atoms with Crippen molar-refractivity contribution in [2.24, 2.45) is 11.1 Å². The Morgan fingerprint density at radius 3 is 2.00 bits per heavy atom. The Labute approximate surface area is 126 Å². The third-order valence-corrected chi connectivity index (χ3v) is 3.02. The fraction of sp³-hybridized carbons (Fsp3) is 0.500. The Balaban J connectivity index is 2.75. The molecule has 1 rings (SSSR count). The summed E-state index contributed by atoms with van der Waals surface area (Å²) in [7, 11) is 0. The summed E-state index contributed by atoms with van der Waals surface area (Å²) in [5, 5.41) is 5.68. The van der Waals surface area contributed by atoms with E-state index in [4.69, 9.17) is 5.73 Å². The van der Waals surface area contributed by atoms with Crippen molar-refractivity contribution in [1.29, 1.82) is 0 Å². The van der Waals surface area contributed by atoms with E-state index in [-0.39, 0.29) is 23.9 Å². The van der Waals surface area contributed by atoms with Gasteiger partial charge in [0.25, 0.3) is 5.91 Å². The van der Waals surface area contributed by atoms with Crippen molar-refractivity contribution < 1.29 is 9.59 Å². The lowest BCUT2D eigenvalue weighted by molar-refractivity contribution is -0.123. The predicted octanol–water partition coefficient (Wildman–Crippen LogP) is 2.14. The summed E-state index contributed by atoms with van der Waals surface area (Å²) in [5.74, 6) is -0.278. The van der Waals surface area contributed by atoms with Crippen LogP contribution in [-0.4, -0.2) is 23.9 Å². The van der Waals surface area contributed by atoms with Crippen LogP contribution in [0.15, 0.2) is 24.3 Å². The lowest BCUT2D eigenvalue weighted by Gasteiger charge is -2.22. The quantitative estimate of drug-likeness (QED) is 0.794. The molecule has 0 unspecified atom stereocenters. The van der Waals surface area contributed by atoms with Gasteiger partial charge in [0.15, 0.2) is 0 Å². The van der Waals surface area contributed by atoms with E-state index in [0.717, 1.165) is 0 Å². The number of hydrogen-bond acceptors (Lipinski definition) is 3. The molecule has 5 nitrogen and oxygen atoms in total. The van der Waals surface area contributed by atoms with Crippen LogP contribution in [0.4, 0.5) is 5.69 Å². The van der Waals surface area contributed by atoms with Crippen molar-refractivity contribution in [1.82, 2.24) is 5.32 Å². The van der Waals surface area contributed by atoms with Crippen LogP contribution in [0.1, 0.15) is 45.0 Å². The Hall–Kier alpha value is -1.88. The number of hydrogen-bond donors (Lipinski definition) is 3. The SMILES string of the molecule is CC(C)(C)NC(=O)c1ccc(NC(=O)C(C)(C)CN)cc1. The largest absolute Gasteiger partial charge is 0.347 e. The molecule has 0 aromatic heterocycles. The number of nitrogens with one attached hydrogen (secondary N) is 2. The molecule has 0 saturated carbocycles. The molecule has 0 aliphatic rings. The van der Waals surface area contributed by atoms with Gasteiger partial charge in [-0.15, -0.1) is 0 Å². The number of benzene rings is 1. The van der Waals surface area contributed by atoms with Crippen LogP contribution in [0.5, 0.6) is 0 Å². The van der Waals surface area contributed by atoms with Gasteiger partial charge in [-0.25, -0.2) is 0 Å². The Kier molecular flexibility index (Phi) is 5.12. The van der Waals surface area contributed by atoms with Gasteiger partial charge in [-0.2, -0.15) is 0 Å². The lowest BCUT2D eigenvalue weighted by Crippen LogP contribution is -2.40. The summed E-state index contributed by atoms with van der Waals surface area (Å²) in [6.07, 6.45) is 0. The van der Waals surface area contributed by atoms with Gasteiger partial charge in [-0.1, -0.05) is 0 Å². The van der Waals surface area contributed by atoms with E-state index >= 15 is 0 Å². The Morgan fingerprint density at radius 2 is 1.57 bits per heavy atom. The fourth-order valence-electron chi connectivity index (χ4n) is 1.51. The van der Waals surface area contributed by atoms with Gasteiger partial charge >= 0.3 is 0 Å². The zero-order valence-electron chi connectivity index (χ0n) is 13.4. The van der Waals surface area contributed by atoms with Gasteiger partial charge in [0.2, 0.25) is 5.91 Å². The second-order valence-corrected chi connectivity index (χ2v) is 6.82. The van der Waals surface area contributed by atoms with Crippen molar-refractivity contribution in [2.75, 3.05) is 11.9 Å². The van der Waals surface area contributed by atoms with Gasteiger partial charge in [-0.05, 0) is 58.9 Å². The van der Waals surface area contributed by atoms with Crippen LogP contribution in [0.25, 0.3) is 0 Å². The van der Waals surface area contributed by atoms with Crippen LogP contribution in [0, 0.1) is 5.41 Å². The van der Waals surface area contributed by atoms with Gasteiger partial charge in [-0.3, -0.25) is 9.59 Å². The highest BCUT2D eigenvalue weighted by atomic mass is 16.2. The second kappa shape index (κ2) is 6.26. The average molecular weight is 291 g/mol. The second-order valence-electron chi connectivity index (χ2n) is 6.82. The van der Waals surface area contributed by atoms with E-state index in [9.17, 15) is 9.59 Å². The number of carbonyl (C=O) groups excluding carboxylic acids is 2. The normalized spacial score (nSPS) is 11.9. The number of rotatable bonds is 4. The highest BCUT2D eigenvalue weighted by Crippen LogP contribution is 2.17. The van der Waals surface area contributed by atoms with E-state index in [1.807, 2.05) is 20.8 Å². The van der Waals surface area contributed by atoms with E-state index in [0.29, 0.717) is 11.3 Å². The maximum atomic E-state index is 12.0. The van der Waals surface area contributed by atoms with E-state index in [1.54, 1.807) is 38.1 Å². The minimum atomic E-state index is -0.623. The zero-order chi connectivity index (χ0) is 16.3. The first-order valence-electron chi connectivity index (χ1n) is 6.99. The van der Waals surface area contributed by atoms with Gasteiger partial charge in [0, 0.05) is 23.3 Å². The summed E-state index contributed by atoms with van der Waals surface area (Å²) < 4.78 is 0. The van der Waals surface area contributed by atoms with Crippen LogP contribution in [0.2, 0.25) is 0 Å². The third-order valence-electron chi connectivity index (χ3n) is 3.02. The molecule has 0 heterocycles. The number of carbonyl (C=O) groups is 2. The number of nitrogens with two attached hydrogens (primary N) is 1. The Morgan fingerprint density at radius 1 is 1.05 bits per heavy atom. The lowest BCUT2D eigenvalue weighted by atomic mass is 9.92. The number of anilines is 1. The van der Waals surface area contributed by atoms with Crippen molar-refractivity contribution >= 4 is 17.5 Å². The smallest absolute Gasteiger partial charge is 0.251 e. The van der Waals surface area contributed by atoms with Crippen LogP contribution < -0.4 is 16.4 Å². The maximum absolute atomic E-state index is 12.0. The molecular weight excluding hydrogens is 266 g/mol. The average Bonchev–Trinajstić information content (AvgIpc) is 2.37. The molecule has 21 heavy (non-hydrogen) atoms. The molecule has 0 aliphatic carbocycles. The van der Waals surface area contributed by atoms with E-state index < -0.39 is 5.41 Å². The molecule has 0 fully saturated rings. The van der Waals surface area contributed by atoms with E-state index in [2.05, 4.69) is 10.6 Å². The van der Waals surface area contributed by atoms with Crippen LogP contribution in [-0.2, 0) is 4.79 Å². The first-order chi connectivity index (χ1) is 9.55. The highest BCUT2D eigenvalue weighted by Gasteiger charge is 2.25. The van der Waals surface area contributed by atoms with Crippen molar-refractivity contribution in [3.8, 4) is 0 Å². The standard InChI is InChI=1S/C16H25N3O2/c1-15(2,3)19-13(20)11-6-8-12(9-7-11)18-14(21)16(4,5)10-17/h6-9H,10,17H2,1-5H3,(H,18,21)(H,19,20). The van der Waals surface area contributed by atoms with E-state index in [1.165, 1.54) is 0 Å². The molecule has 4 N–H and O–H groups in total. The summed E-state index contributed by atoms with van der Waals surface area (Å²) in [5.41, 5.74) is 5.87. The summed E-state index contributed by atoms with van der Waals surface area (Å²) >= 11 is 0. The molecular formula is C16H25N3O2. The molecule has 2 amide bonds. The molecule has 0 bridgehead atoms. The molecule has 0 aliphatic heterocycles.